The normalized spacial score (nSPS) is 28.4. The molecule has 1 N–H and O–H groups in total. The van der Waals surface area contributed by atoms with E-state index in [1.54, 1.807) is 0 Å². The Bertz CT molecular complexity index is 88.5. The van der Waals surface area contributed by atoms with Gasteiger partial charge >= 0.3 is 0 Å². The number of nitrogens with one attached hydrogen (secondary N) is 1. The van der Waals surface area contributed by atoms with Crippen molar-refractivity contribution in [3.05, 3.63) is 0 Å². The molecule has 46 valence electrons. The second kappa shape index (κ2) is 2.82. The van der Waals surface area contributed by atoms with Gasteiger partial charge in [0.05, 0.1) is 0 Å². The molecular formula is C6H12N2. The predicted molar refractivity (Wildman–Crippen MR) is 35.4 cm³/mol. The summed E-state index contributed by atoms with van der Waals surface area (Å²) < 4.78 is 0. The van der Waals surface area contributed by atoms with Crippen molar-refractivity contribution >= 4 is 6.21 Å². The molecule has 1 aliphatic rings. The summed E-state index contributed by atoms with van der Waals surface area (Å²) in [6, 6.07) is 0.688. The fraction of sp³-hybridized carbons (Fsp3) is 0.833. The average molecular weight is 112 g/mol. The number of hydrogen-bond acceptors (Lipinski definition) is 2. The minimum atomic E-state index is 0.688. The van der Waals surface area contributed by atoms with Crippen LogP contribution in [0, 0.1) is 0 Å². The monoisotopic (exact) mass is 112 g/mol. The molecule has 0 bridgehead atoms. The van der Waals surface area contributed by atoms with Gasteiger partial charge in [-0.2, -0.15) is 0 Å². The van der Waals surface area contributed by atoms with Crippen LogP contribution in [0.2, 0.25) is 0 Å². The molecule has 0 aliphatic carbocycles. The minimum Gasteiger partial charge on any atom is -0.317 e. The van der Waals surface area contributed by atoms with Crippen LogP contribution in [-0.4, -0.2) is 25.8 Å². The Morgan fingerprint density at radius 3 is 3.00 bits per heavy atom. The maximum absolute atomic E-state index is 4.11. The zero-order valence-corrected chi connectivity index (χ0v) is 5.22. The molecule has 0 saturated heterocycles. The third-order valence-corrected chi connectivity index (χ3v) is 1.53. The molecule has 0 saturated carbocycles. The molecule has 1 unspecified atom stereocenters. The number of hydrogen-bond donors (Lipinski definition) is 1. The van der Waals surface area contributed by atoms with Crippen LogP contribution in [0.5, 0.6) is 0 Å². The van der Waals surface area contributed by atoms with Crippen LogP contribution in [0.1, 0.15) is 12.8 Å². The topological polar surface area (TPSA) is 24.4 Å². The SMILES string of the molecule is CNC1CC=NCC1. The van der Waals surface area contributed by atoms with Gasteiger partial charge in [-0.25, -0.2) is 0 Å². The summed E-state index contributed by atoms with van der Waals surface area (Å²) in [7, 11) is 2.00. The number of rotatable bonds is 1. The predicted octanol–water partition coefficient (Wildman–Crippen LogP) is 0.439. The summed E-state index contributed by atoms with van der Waals surface area (Å²) in [5.41, 5.74) is 0. The van der Waals surface area contributed by atoms with Gasteiger partial charge in [0, 0.05) is 18.8 Å². The van der Waals surface area contributed by atoms with Crippen molar-refractivity contribution in [2.75, 3.05) is 13.6 Å². The molecule has 0 aromatic rings. The molecular weight excluding hydrogens is 100 g/mol. The summed E-state index contributed by atoms with van der Waals surface area (Å²) >= 11 is 0. The van der Waals surface area contributed by atoms with E-state index in [1.165, 1.54) is 6.42 Å². The van der Waals surface area contributed by atoms with Crippen LogP contribution in [0.15, 0.2) is 4.99 Å². The molecule has 0 fully saturated rings. The average Bonchev–Trinajstić information content (AvgIpc) is 1.90. The molecule has 1 atom stereocenters. The summed E-state index contributed by atoms with van der Waals surface area (Å²) in [4.78, 5) is 4.11. The molecule has 0 spiro atoms. The van der Waals surface area contributed by atoms with Crippen molar-refractivity contribution in [1.82, 2.24) is 5.32 Å². The lowest BCUT2D eigenvalue weighted by molar-refractivity contribution is 0.534. The molecule has 0 aromatic carbocycles. The molecule has 2 heteroatoms. The Labute approximate surface area is 50.0 Å². The van der Waals surface area contributed by atoms with Crippen molar-refractivity contribution < 1.29 is 0 Å². The van der Waals surface area contributed by atoms with E-state index in [0.29, 0.717) is 6.04 Å². The number of nitrogens with zero attached hydrogens (tertiary/aromatic N) is 1. The first-order valence-corrected chi connectivity index (χ1v) is 3.09. The maximum atomic E-state index is 4.11. The van der Waals surface area contributed by atoms with Gasteiger partial charge in [-0.1, -0.05) is 0 Å². The van der Waals surface area contributed by atoms with E-state index in [9.17, 15) is 0 Å². The Morgan fingerprint density at radius 2 is 2.62 bits per heavy atom. The summed E-state index contributed by atoms with van der Waals surface area (Å²) in [6.07, 6.45) is 4.31. The largest absolute Gasteiger partial charge is 0.317 e. The van der Waals surface area contributed by atoms with Crippen molar-refractivity contribution in [1.29, 1.82) is 0 Å². The van der Waals surface area contributed by atoms with Gasteiger partial charge in [0.15, 0.2) is 0 Å². The van der Waals surface area contributed by atoms with Crippen molar-refractivity contribution in [3.8, 4) is 0 Å². The Morgan fingerprint density at radius 1 is 1.75 bits per heavy atom. The van der Waals surface area contributed by atoms with Crippen LogP contribution in [0.25, 0.3) is 0 Å². The van der Waals surface area contributed by atoms with Gasteiger partial charge in [0.25, 0.3) is 0 Å². The third kappa shape index (κ3) is 1.30. The Balaban J connectivity index is 2.27. The van der Waals surface area contributed by atoms with Gasteiger partial charge < -0.3 is 5.32 Å². The highest BCUT2D eigenvalue weighted by Crippen LogP contribution is 2.00. The van der Waals surface area contributed by atoms with E-state index in [1.807, 2.05) is 13.3 Å². The maximum Gasteiger partial charge on any atom is 0.0400 e. The third-order valence-electron chi connectivity index (χ3n) is 1.53. The lowest BCUT2D eigenvalue weighted by atomic mass is 10.1. The Hall–Kier alpha value is -0.370. The summed E-state index contributed by atoms with van der Waals surface area (Å²) in [6.45, 7) is 1.01. The first-order valence-electron chi connectivity index (χ1n) is 3.09. The molecule has 0 radical (unpaired) electrons. The van der Waals surface area contributed by atoms with Crippen molar-refractivity contribution in [2.24, 2.45) is 4.99 Å². The molecule has 1 heterocycles. The Kier molecular flexibility index (Phi) is 2.03. The molecule has 0 amide bonds. The highest BCUT2D eigenvalue weighted by molar-refractivity contribution is 5.58. The van der Waals surface area contributed by atoms with E-state index >= 15 is 0 Å². The number of aliphatic imine (C=N–C) groups is 1. The van der Waals surface area contributed by atoms with Crippen molar-refractivity contribution in [3.63, 3.8) is 0 Å². The quantitative estimate of drug-likeness (QED) is 0.523. The molecule has 1 rings (SSSR count). The van der Waals surface area contributed by atoms with E-state index in [2.05, 4.69) is 10.3 Å². The van der Waals surface area contributed by atoms with E-state index in [4.69, 9.17) is 0 Å². The molecule has 1 aliphatic heterocycles. The first kappa shape index (κ1) is 5.76. The van der Waals surface area contributed by atoms with Crippen LogP contribution in [0.4, 0.5) is 0 Å². The minimum absolute atomic E-state index is 0.688. The van der Waals surface area contributed by atoms with Gasteiger partial charge in [-0.15, -0.1) is 0 Å². The highest BCUT2D eigenvalue weighted by Gasteiger charge is 2.05. The second-order valence-electron chi connectivity index (χ2n) is 2.10. The fourth-order valence-electron chi connectivity index (χ4n) is 0.903. The van der Waals surface area contributed by atoms with E-state index in [-0.39, 0.29) is 0 Å². The summed E-state index contributed by atoms with van der Waals surface area (Å²) in [5.74, 6) is 0. The zero-order chi connectivity index (χ0) is 5.82. The second-order valence-corrected chi connectivity index (χ2v) is 2.10. The lowest BCUT2D eigenvalue weighted by Crippen LogP contribution is -2.28. The van der Waals surface area contributed by atoms with E-state index < -0.39 is 0 Å². The highest BCUT2D eigenvalue weighted by atomic mass is 14.9. The van der Waals surface area contributed by atoms with Crippen LogP contribution >= 0.6 is 0 Å². The zero-order valence-electron chi connectivity index (χ0n) is 5.22. The van der Waals surface area contributed by atoms with Gasteiger partial charge in [-0.3, -0.25) is 4.99 Å². The van der Waals surface area contributed by atoms with Crippen molar-refractivity contribution in [2.45, 2.75) is 18.9 Å². The van der Waals surface area contributed by atoms with Crippen LogP contribution in [0.3, 0.4) is 0 Å². The van der Waals surface area contributed by atoms with E-state index in [0.717, 1.165) is 13.0 Å². The van der Waals surface area contributed by atoms with Gasteiger partial charge in [0.2, 0.25) is 0 Å². The first-order chi connectivity index (χ1) is 3.93. The summed E-state index contributed by atoms with van der Waals surface area (Å²) in [5, 5.41) is 3.21. The lowest BCUT2D eigenvalue weighted by Gasteiger charge is -2.14. The van der Waals surface area contributed by atoms with Gasteiger partial charge in [0.1, 0.15) is 0 Å². The molecule has 0 aromatic heterocycles. The van der Waals surface area contributed by atoms with Gasteiger partial charge in [-0.05, 0) is 19.9 Å². The molecule has 8 heavy (non-hydrogen) atoms. The molecule has 2 nitrogen and oxygen atoms in total. The van der Waals surface area contributed by atoms with Crippen LogP contribution < -0.4 is 5.32 Å². The van der Waals surface area contributed by atoms with Crippen LogP contribution in [-0.2, 0) is 0 Å². The standard InChI is InChI=1S/C6H12N2/c1-7-6-2-4-8-5-3-6/h4,6-7H,2-3,5H2,1H3. The smallest absolute Gasteiger partial charge is 0.0400 e. The fourth-order valence-corrected chi connectivity index (χ4v) is 0.903.